The van der Waals surface area contributed by atoms with Gasteiger partial charge in [-0.25, -0.2) is 8.42 Å². The maximum Gasteiger partial charge on any atom is 0.147 e. The highest BCUT2D eigenvalue weighted by atomic mass is 32.2. The van der Waals surface area contributed by atoms with Crippen LogP contribution in [0.4, 0.5) is 0 Å². The Balaban J connectivity index is 2.17. The molecule has 76 valence electrons. The van der Waals surface area contributed by atoms with Gasteiger partial charge in [-0.15, -0.1) is 0 Å². The zero-order valence-electron chi connectivity index (χ0n) is 8.12. The standard InChI is InChI=1S/C9H16O3S/c1-7-6-8(7)9(10)4-3-5-13(2,11)12/h7-8H,3-6H2,1-2H3. The largest absolute Gasteiger partial charge is 0.299 e. The predicted molar refractivity (Wildman–Crippen MR) is 51.2 cm³/mol. The summed E-state index contributed by atoms with van der Waals surface area (Å²) in [6.45, 7) is 2.05. The summed E-state index contributed by atoms with van der Waals surface area (Å²) in [6, 6.07) is 0. The van der Waals surface area contributed by atoms with Crippen LogP contribution in [-0.4, -0.2) is 26.2 Å². The van der Waals surface area contributed by atoms with Gasteiger partial charge in [0.05, 0.1) is 5.75 Å². The van der Waals surface area contributed by atoms with Crippen molar-refractivity contribution >= 4 is 15.6 Å². The molecule has 1 saturated carbocycles. The second-order valence-corrected chi connectivity index (χ2v) is 6.28. The highest BCUT2D eigenvalue weighted by Crippen LogP contribution is 2.39. The average Bonchev–Trinajstić information content (AvgIpc) is 2.63. The summed E-state index contributed by atoms with van der Waals surface area (Å²) < 4.78 is 21.5. The van der Waals surface area contributed by atoms with Crippen molar-refractivity contribution < 1.29 is 13.2 Å². The first-order valence-corrected chi connectivity index (χ1v) is 6.66. The molecule has 0 radical (unpaired) electrons. The van der Waals surface area contributed by atoms with Crippen molar-refractivity contribution in [2.24, 2.45) is 11.8 Å². The van der Waals surface area contributed by atoms with Crippen LogP contribution >= 0.6 is 0 Å². The lowest BCUT2D eigenvalue weighted by Crippen LogP contribution is -2.07. The summed E-state index contributed by atoms with van der Waals surface area (Å²) >= 11 is 0. The molecule has 0 spiro atoms. The Bertz CT molecular complexity index is 292. The first kappa shape index (κ1) is 10.7. The minimum Gasteiger partial charge on any atom is -0.299 e. The number of rotatable bonds is 5. The molecule has 4 heteroatoms. The predicted octanol–water partition coefficient (Wildman–Crippen LogP) is 1.04. The molecule has 0 aromatic carbocycles. The van der Waals surface area contributed by atoms with E-state index >= 15 is 0 Å². The highest BCUT2D eigenvalue weighted by molar-refractivity contribution is 7.90. The van der Waals surface area contributed by atoms with Gasteiger partial charge in [0.15, 0.2) is 0 Å². The maximum atomic E-state index is 11.3. The minimum absolute atomic E-state index is 0.139. The van der Waals surface area contributed by atoms with Gasteiger partial charge in [0, 0.05) is 18.6 Å². The number of hydrogen-bond acceptors (Lipinski definition) is 3. The highest BCUT2D eigenvalue weighted by Gasteiger charge is 2.38. The summed E-state index contributed by atoms with van der Waals surface area (Å²) in [5, 5.41) is 0. The number of Topliss-reactive ketones (excluding diaryl/α,β-unsaturated/α-hetero) is 1. The fraction of sp³-hybridized carbons (Fsp3) is 0.889. The Morgan fingerprint density at radius 2 is 2.00 bits per heavy atom. The van der Waals surface area contributed by atoms with Crippen LogP contribution in [0.2, 0.25) is 0 Å². The SMILES string of the molecule is CC1CC1C(=O)CCCS(C)(=O)=O. The van der Waals surface area contributed by atoms with Crippen LogP contribution in [-0.2, 0) is 14.6 Å². The van der Waals surface area contributed by atoms with Gasteiger partial charge in [-0.2, -0.15) is 0 Å². The smallest absolute Gasteiger partial charge is 0.147 e. The van der Waals surface area contributed by atoms with E-state index in [-0.39, 0.29) is 17.5 Å². The average molecular weight is 204 g/mol. The third kappa shape index (κ3) is 3.89. The molecule has 3 nitrogen and oxygen atoms in total. The maximum absolute atomic E-state index is 11.3. The van der Waals surface area contributed by atoms with Crippen molar-refractivity contribution in [1.29, 1.82) is 0 Å². The van der Waals surface area contributed by atoms with E-state index in [4.69, 9.17) is 0 Å². The fourth-order valence-electron chi connectivity index (χ4n) is 1.46. The number of hydrogen-bond donors (Lipinski definition) is 0. The van der Waals surface area contributed by atoms with Crippen molar-refractivity contribution in [1.82, 2.24) is 0 Å². The second kappa shape index (κ2) is 3.78. The molecule has 1 aliphatic carbocycles. The molecule has 0 aliphatic heterocycles. The molecular formula is C9H16O3S. The number of carbonyl (C=O) groups excluding carboxylic acids is 1. The van der Waals surface area contributed by atoms with Crippen LogP contribution in [0.1, 0.15) is 26.2 Å². The monoisotopic (exact) mass is 204 g/mol. The molecule has 0 aromatic heterocycles. The molecule has 1 fully saturated rings. The first-order chi connectivity index (χ1) is 5.90. The Kier molecular flexibility index (Phi) is 3.11. The Morgan fingerprint density at radius 1 is 1.46 bits per heavy atom. The normalized spacial score (nSPS) is 27.2. The van der Waals surface area contributed by atoms with E-state index < -0.39 is 9.84 Å². The zero-order chi connectivity index (χ0) is 10.1. The van der Waals surface area contributed by atoms with Gasteiger partial charge < -0.3 is 0 Å². The Morgan fingerprint density at radius 3 is 2.38 bits per heavy atom. The number of ketones is 1. The molecule has 0 heterocycles. The lowest BCUT2D eigenvalue weighted by molar-refractivity contribution is -0.120. The minimum atomic E-state index is -2.89. The number of sulfone groups is 1. The van der Waals surface area contributed by atoms with E-state index in [0.717, 1.165) is 6.42 Å². The first-order valence-electron chi connectivity index (χ1n) is 4.60. The lowest BCUT2D eigenvalue weighted by atomic mass is 10.1. The molecule has 2 unspecified atom stereocenters. The van der Waals surface area contributed by atoms with Crippen molar-refractivity contribution in [2.75, 3.05) is 12.0 Å². The molecular weight excluding hydrogens is 188 g/mol. The van der Waals surface area contributed by atoms with E-state index in [0.29, 0.717) is 18.8 Å². The molecule has 1 aliphatic rings. The summed E-state index contributed by atoms with van der Waals surface area (Å²) in [7, 11) is -2.89. The van der Waals surface area contributed by atoms with Crippen LogP contribution in [0, 0.1) is 11.8 Å². The van der Waals surface area contributed by atoms with Gasteiger partial charge in [-0.3, -0.25) is 4.79 Å². The van der Waals surface area contributed by atoms with Gasteiger partial charge in [0.25, 0.3) is 0 Å². The van der Waals surface area contributed by atoms with Crippen molar-refractivity contribution in [3.05, 3.63) is 0 Å². The summed E-state index contributed by atoms with van der Waals surface area (Å²) in [5.74, 6) is 1.15. The number of carbonyl (C=O) groups is 1. The second-order valence-electron chi connectivity index (χ2n) is 4.02. The van der Waals surface area contributed by atoms with Crippen LogP contribution in [0.25, 0.3) is 0 Å². The van der Waals surface area contributed by atoms with Crippen LogP contribution < -0.4 is 0 Å². The fourth-order valence-corrected chi connectivity index (χ4v) is 2.13. The molecule has 0 N–H and O–H groups in total. The van der Waals surface area contributed by atoms with Gasteiger partial charge in [0.1, 0.15) is 15.6 Å². The zero-order valence-corrected chi connectivity index (χ0v) is 8.93. The van der Waals surface area contributed by atoms with Gasteiger partial charge in [-0.05, 0) is 18.8 Å². The Labute approximate surface area is 79.4 Å². The van der Waals surface area contributed by atoms with Gasteiger partial charge in [0.2, 0.25) is 0 Å². The van der Waals surface area contributed by atoms with Crippen LogP contribution in [0.3, 0.4) is 0 Å². The van der Waals surface area contributed by atoms with Crippen LogP contribution in [0.15, 0.2) is 0 Å². The third-order valence-electron chi connectivity index (χ3n) is 2.46. The van der Waals surface area contributed by atoms with E-state index in [1.165, 1.54) is 6.26 Å². The third-order valence-corrected chi connectivity index (χ3v) is 3.49. The quantitative estimate of drug-likeness (QED) is 0.672. The lowest BCUT2D eigenvalue weighted by Gasteiger charge is -1.98. The summed E-state index contributed by atoms with van der Waals surface area (Å²) in [5.41, 5.74) is 0. The van der Waals surface area contributed by atoms with E-state index in [1.54, 1.807) is 0 Å². The molecule has 2 atom stereocenters. The molecule has 0 aromatic rings. The van der Waals surface area contributed by atoms with Gasteiger partial charge in [-0.1, -0.05) is 6.92 Å². The molecule has 0 amide bonds. The Hall–Kier alpha value is -0.380. The molecule has 1 rings (SSSR count). The van der Waals surface area contributed by atoms with Gasteiger partial charge >= 0.3 is 0 Å². The van der Waals surface area contributed by atoms with Crippen molar-refractivity contribution in [3.8, 4) is 0 Å². The molecule has 0 bridgehead atoms. The summed E-state index contributed by atoms with van der Waals surface area (Å²) in [4.78, 5) is 11.3. The van der Waals surface area contributed by atoms with Crippen LogP contribution in [0.5, 0.6) is 0 Å². The topological polar surface area (TPSA) is 51.2 Å². The van der Waals surface area contributed by atoms with E-state index in [2.05, 4.69) is 6.92 Å². The molecule has 0 saturated heterocycles. The van der Waals surface area contributed by atoms with E-state index in [9.17, 15) is 13.2 Å². The summed E-state index contributed by atoms with van der Waals surface area (Å²) in [6.07, 6.45) is 3.12. The molecule has 13 heavy (non-hydrogen) atoms. The van der Waals surface area contributed by atoms with Crippen molar-refractivity contribution in [2.45, 2.75) is 26.2 Å². The van der Waals surface area contributed by atoms with E-state index in [1.807, 2.05) is 0 Å². The van der Waals surface area contributed by atoms with Crippen molar-refractivity contribution in [3.63, 3.8) is 0 Å².